The second-order valence-electron chi connectivity index (χ2n) is 6.02. The van der Waals surface area contributed by atoms with E-state index >= 15 is 0 Å². The summed E-state index contributed by atoms with van der Waals surface area (Å²) in [5, 5.41) is 10.8. The molecule has 124 valence electrons. The molecule has 0 radical (unpaired) electrons. The van der Waals surface area contributed by atoms with Gasteiger partial charge in [-0.15, -0.1) is 0 Å². The molecule has 1 aliphatic rings. The van der Waals surface area contributed by atoms with E-state index in [1.54, 1.807) is 13.3 Å². The molecular formula is C17H20N6O. The fourth-order valence-corrected chi connectivity index (χ4v) is 3.37. The lowest BCUT2D eigenvalue weighted by atomic mass is 10.0. The molecule has 1 aromatic carbocycles. The molecule has 1 fully saturated rings. The molecule has 2 aromatic heterocycles. The van der Waals surface area contributed by atoms with E-state index in [0.717, 1.165) is 36.8 Å². The number of imidazole rings is 1. The molecule has 0 bridgehead atoms. The predicted molar refractivity (Wildman–Crippen MR) is 88.8 cm³/mol. The minimum absolute atomic E-state index is 0.121. The molecule has 0 unspecified atom stereocenters. The maximum Gasteiger partial charge on any atom is 0.127 e. The summed E-state index contributed by atoms with van der Waals surface area (Å²) in [6.45, 7) is 2.51. The van der Waals surface area contributed by atoms with Crippen molar-refractivity contribution in [2.24, 2.45) is 0 Å². The van der Waals surface area contributed by atoms with Gasteiger partial charge in [0, 0.05) is 44.2 Å². The first-order valence-electron chi connectivity index (χ1n) is 8.03. The van der Waals surface area contributed by atoms with Crippen LogP contribution < -0.4 is 0 Å². The number of hydrogen-bond acceptors (Lipinski definition) is 5. The quantitative estimate of drug-likeness (QED) is 0.772. The largest absolute Gasteiger partial charge is 0.379 e. The molecule has 2 atom stereocenters. The van der Waals surface area contributed by atoms with Gasteiger partial charge in [0.1, 0.15) is 5.82 Å². The summed E-state index contributed by atoms with van der Waals surface area (Å²) < 4.78 is 7.79. The number of ether oxygens (including phenoxy) is 1. The Bertz CT molecular complexity index is 770. The molecule has 0 saturated carbocycles. The Hall–Kier alpha value is -2.51. The number of methoxy groups -OCH3 is 1. The minimum Gasteiger partial charge on any atom is -0.379 e. The number of benzene rings is 1. The van der Waals surface area contributed by atoms with Gasteiger partial charge in [-0.05, 0) is 12.1 Å². The standard InChI is InChI=1S/C17H20N6O/c1-24-16-11-22(10-14(16)15-9-19-21-20-15)12-17-18-7-8-23(17)13-5-3-2-4-6-13/h2-9,14,16H,10-12H2,1H3,(H,19,20,21)/t14-,16+/m0/s1. The highest BCUT2D eigenvalue weighted by Gasteiger charge is 2.35. The van der Waals surface area contributed by atoms with Gasteiger partial charge in [-0.25, -0.2) is 4.98 Å². The third kappa shape index (κ3) is 2.83. The Balaban J connectivity index is 1.52. The topological polar surface area (TPSA) is 71.9 Å². The van der Waals surface area contributed by atoms with Crippen molar-refractivity contribution in [3.63, 3.8) is 0 Å². The van der Waals surface area contributed by atoms with Crippen LogP contribution >= 0.6 is 0 Å². The van der Waals surface area contributed by atoms with Crippen molar-refractivity contribution in [3.8, 4) is 5.69 Å². The fraction of sp³-hybridized carbons (Fsp3) is 0.353. The minimum atomic E-state index is 0.121. The molecule has 1 aliphatic heterocycles. The number of H-pyrrole nitrogens is 1. The van der Waals surface area contributed by atoms with E-state index in [4.69, 9.17) is 4.74 Å². The van der Waals surface area contributed by atoms with Crippen LogP contribution in [0.15, 0.2) is 48.9 Å². The predicted octanol–water partition coefficient (Wildman–Crippen LogP) is 1.60. The van der Waals surface area contributed by atoms with E-state index in [2.05, 4.69) is 42.0 Å². The van der Waals surface area contributed by atoms with Crippen LogP contribution in [0.5, 0.6) is 0 Å². The van der Waals surface area contributed by atoms with Crippen LogP contribution in [0, 0.1) is 0 Å². The van der Waals surface area contributed by atoms with E-state index in [9.17, 15) is 0 Å². The zero-order valence-corrected chi connectivity index (χ0v) is 13.5. The molecule has 24 heavy (non-hydrogen) atoms. The molecule has 0 amide bonds. The van der Waals surface area contributed by atoms with Gasteiger partial charge in [0.05, 0.1) is 24.5 Å². The van der Waals surface area contributed by atoms with E-state index in [1.165, 1.54) is 0 Å². The molecule has 3 aromatic rings. The number of aromatic amines is 1. The Kier molecular flexibility index (Phi) is 4.10. The highest BCUT2D eigenvalue weighted by Crippen LogP contribution is 2.28. The Morgan fingerprint density at radius 2 is 2.12 bits per heavy atom. The molecule has 7 heteroatoms. The first-order chi connectivity index (χ1) is 11.8. The summed E-state index contributed by atoms with van der Waals surface area (Å²) in [6, 6.07) is 10.3. The highest BCUT2D eigenvalue weighted by atomic mass is 16.5. The molecule has 1 N–H and O–H groups in total. The summed E-state index contributed by atoms with van der Waals surface area (Å²) in [4.78, 5) is 6.90. The van der Waals surface area contributed by atoms with Crippen molar-refractivity contribution in [1.29, 1.82) is 0 Å². The normalized spacial score (nSPS) is 21.4. The van der Waals surface area contributed by atoms with Crippen molar-refractivity contribution in [1.82, 2.24) is 29.9 Å². The molecule has 0 spiro atoms. The first-order valence-corrected chi connectivity index (χ1v) is 8.03. The first kappa shape index (κ1) is 15.0. The molecular weight excluding hydrogens is 304 g/mol. The zero-order chi connectivity index (χ0) is 16.4. The summed E-state index contributed by atoms with van der Waals surface area (Å²) in [7, 11) is 1.76. The van der Waals surface area contributed by atoms with Gasteiger partial charge in [0.15, 0.2) is 0 Å². The summed E-state index contributed by atoms with van der Waals surface area (Å²) in [5.41, 5.74) is 2.08. The third-order valence-corrected chi connectivity index (χ3v) is 4.57. The Morgan fingerprint density at radius 1 is 1.25 bits per heavy atom. The van der Waals surface area contributed by atoms with E-state index < -0.39 is 0 Å². The lowest BCUT2D eigenvalue weighted by molar-refractivity contribution is 0.0954. The Morgan fingerprint density at radius 3 is 2.88 bits per heavy atom. The van der Waals surface area contributed by atoms with Crippen LogP contribution in [-0.4, -0.2) is 56.2 Å². The Labute approximate surface area is 140 Å². The number of rotatable bonds is 5. The molecule has 4 rings (SSSR count). The van der Waals surface area contributed by atoms with Crippen LogP contribution in [-0.2, 0) is 11.3 Å². The van der Waals surface area contributed by atoms with Gasteiger partial charge in [0.2, 0.25) is 0 Å². The van der Waals surface area contributed by atoms with Crippen molar-refractivity contribution in [3.05, 3.63) is 60.4 Å². The third-order valence-electron chi connectivity index (χ3n) is 4.57. The van der Waals surface area contributed by atoms with Gasteiger partial charge in [-0.2, -0.15) is 15.4 Å². The summed E-state index contributed by atoms with van der Waals surface area (Å²) in [5.74, 6) is 1.26. The molecule has 0 aliphatic carbocycles. The highest BCUT2D eigenvalue weighted by molar-refractivity contribution is 5.32. The maximum atomic E-state index is 5.66. The average molecular weight is 324 g/mol. The van der Waals surface area contributed by atoms with Gasteiger partial charge in [-0.1, -0.05) is 18.2 Å². The number of para-hydroxylation sites is 1. The lowest BCUT2D eigenvalue weighted by Gasteiger charge is -2.16. The number of aromatic nitrogens is 5. The molecule has 3 heterocycles. The molecule has 7 nitrogen and oxygen atoms in total. The van der Waals surface area contributed by atoms with E-state index in [0.29, 0.717) is 0 Å². The monoisotopic (exact) mass is 324 g/mol. The fourth-order valence-electron chi connectivity index (χ4n) is 3.37. The van der Waals surface area contributed by atoms with Crippen LogP contribution in [0.25, 0.3) is 5.69 Å². The van der Waals surface area contributed by atoms with Crippen molar-refractivity contribution in [2.75, 3.05) is 20.2 Å². The van der Waals surface area contributed by atoms with Gasteiger partial charge in [-0.3, -0.25) is 4.90 Å². The van der Waals surface area contributed by atoms with Crippen molar-refractivity contribution >= 4 is 0 Å². The second kappa shape index (κ2) is 6.54. The van der Waals surface area contributed by atoms with Gasteiger partial charge in [0.25, 0.3) is 0 Å². The number of nitrogens with zero attached hydrogens (tertiary/aromatic N) is 5. The number of nitrogens with one attached hydrogen (secondary N) is 1. The molecule has 1 saturated heterocycles. The second-order valence-corrected chi connectivity index (χ2v) is 6.02. The lowest BCUT2D eigenvalue weighted by Crippen LogP contribution is -2.24. The number of hydrogen-bond donors (Lipinski definition) is 1. The maximum absolute atomic E-state index is 5.66. The van der Waals surface area contributed by atoms with Crippen molar-refractivity contribution in [2.45, 2.75) is 18.6 Å². The van der Waals surface area contributed by atoms with Gasteiger partial charge >= 0.3 is 0 Å². The average Bonchev–Trinajstić information content (AvgIpc) is 3.36. The number of likely N-dealkylation sites (tertiary alicyclic amines) is 1. The van der Waals surface area contributed by atoms with Crippen LogP contribution in [0.1, 0.15) is 17.4 Å². The van der Waals surface area contributed by atoms with Crippen LogP contribution in [0.4, 0.5) is 0 Å². The van der Waals surface area contributed by atoms with Crippen LogP contribution in [0.2, 0.25) is 0 Å². The van der Waals surface area contributed by atoms with Crippen molar-refractivity contribution < 1.29 is 4.74 Å². The van der Waals surface area contributed by atoms with Crippen LogP contribution in [0.3, 0.4) is 0 Å². The van der Waals surface area contributed by atoms with E-state index in [1.807, 2.05) is 30.6 Å². The summed E-state index contributed by atoms with van der Waals surface area (Å²) >= 11 is 0. The summed E-state index contributed by atoms with van der Waals surface area (Å²) in [6.07, 6.45) is 5.76. The SMILES string of the molecule is CO[C@@H]1CN(Cc2nccn2-c2ccccc2)C[C@H]1c1cn[nH]n1. The smallest absolute Gasteiger partial charge is 0.127 e. The van der Waals surface area contributed by atoms with E-state index in [-0.39, 0.29) is 12.0 Å². The van der Waals surface area contributed by atoms with Gasteiger partial charge < -0.3 is 9.30 Å². The zero-order valence-electron chi connectivity index (χ0n) is 13.5.